The van der Waals surface area contributed by atoms with E-state index in [0.717, 1.165) is 6.07 Å². The summed E-state index contributed by atoms with van der Waals surface area (Å²) in [5.74, 6) is -0.253. The zero-order valence-corrected chi connectivity index (χ0v) is 17.4. The SMILES string of the molecule is C=C1C=CC=C(S(=O)(=O)N2CCC(Oc3ccccc3C(F)(F)F)CC2)C1=NSN. The number of ether oxygens (including phenoxy) is 1. The van der Waals surface area contributed by atoms with Crippen LogP contribution in [0, 0.1) is 0 Å². The maximum atomic E-state index is 13.1. The fraction of sp³-hybridized carbons (Fsp3) is 0.316. The quantitative estimate of drug-likeness (QED) is 0.676. The largest absolute Gasteiger partial charge is 0.490 e. The third-order valence-corrected chi connectivity index (χ3v) is 6.95. The molecule has 3 rings (SSSR count). The lowest BCUT2D eigenvalue weighted by Gasteiger charge is -2.32. The highest BCUT2D eigenvalue weighted by atomic mass is 32.2. The maximum Gasteiger partial charge on any atom is 0.419 e. The van der Waals surface area contributed by atoms with E-state index in [1.807, 2.05) is 0 Å². The smallest absolute Gasteiger partial charge is 0.419 e. The van der Waals surface area contributed by atoms with Crippen molar-refractivity contribution in [2.75, 3.05) is 13.1 Å². The molecule has 0 spiro atoms. The minimum absolute atomic E-state index is 0.00487. The Morgan fingerprint density at radius 1 is 1.23 bits per heavy atom. The molecule has 6 nitrogen and oxygen atoms in total. The summed E-state index contributed by atoms with van der Waals surface area (Å²) in [6, 6.07) is 4.99. The van der Waals surface area contributed by atoms with Gasteiger partial charge < -0.3 is 4.74 Å². The Hall–Kier alpha value is -2.08. The summed E-state index contributed by atoms with van der Waals surface area (Å²) in [4.78, 5) is -0.00487. The number of nitrogens with two attached hydrogens (primary N) is 1. The second-order valence-corrected chi connectivity index (χ2v) is 8.98. The van der Waals surface area contributed by atoms with E-state index in [9.17, 15) is 21.6 Å². The average molecular weight is 460 g/mol. The van der Waals surface area contributed by atoms with Crippen molar-refractivity contribution in [3.63, 3.8) is 0 Å². The molecule has 1 heterocycles. The number of nitrogens with zero attached hydrogens (tertiary/aromatic N) is 2. The number of benzene rings is 1. The lowest BCUT2D eigenvalue weighted by Crippen LogP contribution is -2.43. The number of piperidine rings is 1. The molecule has 0 aromatic heterocycles. The highest BCUT2D eigenvalue weighted by Gasteiger charge is 2.37. The molecule has 0 radical (unpaired) electrons. The van der Waals surface area contributed by atoms with Gasteiger partial charge in [0.1, 0.15) is 16.8 Å². The predicted octanol–water partition coefficient (Wildman–Crippen LogP) is 3.85. The summed E-state index contributed by atoms with van der Waals surface area (Å²) in [5, 5.41) is 5.37. The zero-order valence-electron chi connectivity index (χ0n) is 15.8. The second-order valence-electron chi connectivity index (χ2n) is 6.68. The van der Waals surface area contributed by atoms with E-state index < -0.39 is 27.9 Å². The number of hydrogen-bond acceptors (Lipinski definition) is 6. The van der Waals surface area contributed by atoms with Gasteiger partial charge in [-0.25, -0.2) is 8.42 Å². The van der Waals surface area contributed by atoms with Crippen molar-refractivity contribution < 1.29 is 26.3 Å². The van der Waals surface area contributed by atoms with Crippen molar-refractivity contribution >= 4 is 27.9 Å². The first-order valence-corrected chi connectivity index (χ1v) is 11.3. The topological polar surface area (TPSA) is 85.0 Å². The molecule has 1 saturated heterocycles. The summed E-state index contributed by atoms with van der Waals surface area (Å²) >= 11 is 0.641. The number of sulfonamides is 1. The Morgan fingerprint density at radius 3 is 2.53 bits per heavy atom. The van der Waals surface area contributed by atoms with Gasteiger partial charge in [0, 0.05) is 13.1 Å². The summed E-state index contributed by atoms with van der Waals surface area (Å²) < 4.78 is 76.4. The van der Waals surface area contributed by atoms with Crippen molar-refractivity contribution in [1.29, 1.82) is 0 Å². The van der Waals surface area contributed by atoms with E-state index in [2.05, 4.69) is 11.0 Å². The van der Waals surface area contributed by atoms with Crippen LogP contribution in [0.3, 0.4) is 0 Å². The van der Waals surface area contributed by atoms with Gasteiger partial charge in [-0.1, -0.05) is 30.9 Å². The molecule has 11 heteroatoms. The van der Waals surface area contributed by atoms with Crippen LogP contribution in [-0.4, -0.2) is 37.6 Å². The molecule has 2 aliphatic rings. The monoisotopic (exact) mass is 459 g/mol. The second kappa shape index (κ2) is 8.96. The number of para-hydroxylation sites is 1. The van der Waals surface area contributed by atoms with Crippen LogP contribution < -0.4 is 9.88 Å². The van der Waals surface area contributed by atoms with Crippen LogP contribution in [0.15, 0.2) is 63.9 Å². The summed E-state index contributed by atoms with van der Waals surface area (Å²) in [6.07, 6.45) is 0.0947. The maximum absolute atomic E-state index is 13.1. The first kappa shape index (κ1) is 22.6. The van der Waals surface area contributed by atoms with Gasteiger partial charge in [-0.3, -0.25) is 5.14 Å². The third kappa shape index (κ3) is 4.80. The van der Waals surface area contributed by atoms with Gasteiger partial charge in [-0.2, -0.15) is 21.9 Å². The molecule has 30 heavy (non-hydrogen) atoms. The molecule has 0 amide bonds. The molecular formula is C19H20F3N3O3S2. The molecule has 1 aromatic carbocycles. The van der Waals surface area contributed by atoms with Crippen molar-refractivity contribution in [2.45, 2.75) is 25.1 Å². The van der Waals surface area contributed by atoms with Crippen LogP contribution in [-0.2, 0) is 16.2 Å². The Balaban J connectivity index is 1.72. The van der Waals surface area contributed by atoms with Crippen LogP contribution >= 0.6 is 12.1 Å². The Bertz CT molecular complexity index is 1010. The number of rotatable bonds is 5. The normalized spacial score (nSPS) is 20.5. The number of halogens is 3. The van der Waals surface area contributed by atoms with E-state index in [4.69, 9.17) is 9.88 Å². The first-order chi connectivity index (χ1) is 14.1. The molecule has 1 aliphatic heterocycles. The van der Waals surface area contributed by atoms with Gasteiger partial charge in [-0.15, -0.1) is 0 Å². The first-order valence-electron chi connectivity index (χ1n) is 8.99. The predicted molar refractivity (Wildman–Crippen MR) is 111 cm³/mol. The van der Waals surface area contributed by atoms with Gasteiger partial charge in [0.2, 0.25) is 10.0 Å². The van der Waals surface area contributed by atoms with Crippen LogP contribution in [0.4, 0.5) is 13.2 Å². The molecule has 1 aromatic rings. The van der Waals surface area contributed by atoms with Crippen LogP contribution in [0.1, 0.15) is 18.4 Å². The lowest BCUT2D eigenvalue weighted by atomic mass is 10.1. The Morgan fingerprint density at radius 2 is 1.90 bits per heavy atom. The molecule has 0 bridgehead atoms. The van der Waals surface area contributed by atoms with Crippen LogP contribution in [0.25, 0.3) is 0 Å². The van der Waals surface area contributed by atoms with Gasteiger partial charge in [-0.05, 0) is 36.6 Å². The summed E-state index contributed by atoms with van der Waals surface area (Å²) in [5.41, 5.74) is -0.240. The summed E-state index contributed by atoms with van der Waals surface area (Å²) in [7, 11) is -3.87. The Kier molecular flexibility index (Phi) is 6.75. The standard InChI is InChI=1S/C19H20F3N3O3S2/c1-13-5-4-8-17(18(13)24-29-23)30(26,27)25-11-9-14(10-12-25)28-16-7-3-2-6-15(16)19(20,21)22/h2-8,14H,1,9-12,23H2. The highest BCUT2D eigenvalue weighted by Crippen LogP contribution is 2.37. The molecule has 2 N–H and O–H groups in total. The van der Waals surface area contributed by atoms with E-state index in [1.54, 1.807) is 12.2 Å². The molecule has 0 atom stereocenters. The van der Waals surface area contributed by atoms with Gasteiger partial charge >= 0.3 is 6.18 Å². The fourth-order valence-electron chi connectivity index (χ4n) is 3.24. The van der Waals surface area contributed by atoms with E-state index in [-0.39, 0.29) is 42.3 Å². The van der Waals surface area contributed by atoms with Crippen molar-refractivity contribution in [3.8, 4) is 5.75 Å². The molecular weight excluding hydrogens is 439 g/mol. The lowest BCUT2D eigenvalue weighted by molar-refractivity contribution is -0.139. The van der Waals surface area contributed by atoms with E-state index >= 15 is 0 Å². The van der Waals surface area contributed by atoms with Gasteiger partial charge in [0.15, 0.2) is 0 Å². The number of allylic oxidation sites excluding steroid dienone is 5. The molecule has 0 saturated carbocycles. The van der Waals surface area contributed by atoms with E-state index in [0.29, 0.717) is 17.7 Å². The molecule has 1 fully saturated rings. The van der Waals surface area contributed by atoms with Crippen molar-refractivity contribution in [1.82, 2.24) is 4.31 Å². The van der Waals surface area contributed by atoms with Crippen molar-refractivity contribution in [2.24, 2.45) is 9.54 Å². The molecule has 162 valence electrons. The number of alkyl halides is 3. The number of hydrogen-bond donors (Lipinski definition) is 1. The minimum Gasteiger partial charge on any atom is -0.490 e. The molecule has 1 aliphatic carbocycles. The van der Waals surface area contributed by atoms with E-state index in [1.165, 1.54) is 28.6 Å². The van der Waals surface area contributed by atoms with Gasteiger partial charge in [0.05, 0.1) is 23.4 Å². The Labute approximate surface area is 177 Å². The minimum atomic E-state index is -4.53. The van der Waals surface area contributed by atoms with Crippen LogP contribution in [0.2, 0.25) is 0 Å². The van der Waals surface area contributed by atoms with Crippen LogP contribution in [0.5, 0.6) is 5.75 Å². The summed E-state index contributed by atoms with van der Waals surface area (Å²) in [6.45, 7) is 4.01. The highest BCUT2D eigenvalue weighted by molar-refractivity contribution is 7.96. The van der Waals surface area contributed by atoms with Crippen molar-refractivity contribution in [3.05, 3.63) is 65.1 Å². The fourth-order valence-corrected chi connectivity index (χ4v) is 5.26. The zero-order chi connectivity index (χ0) is 21.9. The average Bonchev–Trinajstić information content (AvgIpc) is 2.69. The van der Waals surface area contributed by atoms with Gasteiger partial charge in [0.25, 0.3) is 0 Å². The third-order valence-electron chi connectivity index (χ3n) is 4.73. The molecule has 0 unspecified atom stereocenters.